The van der Waals surface area contributed by atoms with Crippen LogP contribution in [0.25, 0.3) is 21.3 Å². The highest BCUT2D eigenvalue weighted by molar-refractivity contribution is 7.90. The Bertz CT molecular complexity index is 1590. The van der Waals surface area contributed by atoms with Crippen molar-refractivity contribution in [1.82, 2.24) is 9.97 Å². The Hall–Kier alpha value is -2.67. The molecule has 1 fully saturated rings. The van der Waals surface area contributed by atoms with E-state index >= 15 is 0 Å². The number of sulfonamides is 1. The SMILES string of the molecule is CC(O)(CO)c1ccnc(-c2cccc3cc(Cc4c(Cl)cnc(N)[n+]4C4CC4S(N)(=O)=O)sc23)c1. The first kappa shape index (κ1) is 25.0. The number of nitrogens with zero attached hydrogens (tertiary/aromatic N) is 3. The molecular weight excluding hydrogens is 522 g/mol. The average Bonchev–Trinajstić information content (AvgIpc) is 3.53. The normalized spacial score (nSPS) is 19.4. The Morgan fingerprint density at radius 1 is 1.28 bits per heavy atom. The minimum atomic E-state index is -3.70. The number of primary sulfonamides is 1. The van der Waals surface area contributed by atoms with E-state index in [-0.39, 0.29) is 5.95 Å². The van der Waals surface area contributed by atoms with Crippen LogP contribution in [0, 0.1) is 0 Å². The van der Waals surface area contributed by atoms with E-state index in [9.17, 15) is 18.6 Å². The van der Waals surface area contributed by atoms with Gasteiger partial charge in [-0.25, -0.2) is 18.1 Å². The van der Waals surface area contributed by atoms with Crippen LogP contribution in [-0.4, -0.2) is 40.5 Å². The van der Waals surface area contributed by atoms with Crippen molar-refractivity contribution in [2.75, 3.05) is 12.3 Å². The first-order chi connectivity index (χ1) is 17.0. The third kappa shape index (κ3) is 4.58. The fourth-order valence-electron chi connectivity index (χ4n) is 4.41. The van der Waals surface area contributed by atoms with E-state index in [1.165, 1.54) is 6.20 Å². The number of aliphatic hydroxyl groups is 2. The van der Waals surface area contributed by atoms with Crippen molar-refractivity contribution in [2.45, 2.75) is 36.7 Å². The fourth-order valence-corrected chi connectivity index (χ4v) is 6.83. The second-order valence-electron chi connectivity index (χ2n) is 9.19. The second kappa shape index (κ2) is 9.02. The number of aliphatic hydroxyl groups excluding tert-OH is 1. The molecule has 0 saturated heterocycles. The van der Waals surface area contributed by atoms with Gasteiger partial charge in [-0.15, -0.1) is 11.3 Å². The molecule has 1 aliphatic rings. The van der Waals surface area contributed by atoms with E-state index in [2.05, 4.69) is 16.0 Å². The highest BCUT2D eigenvalue weighted by Crippen LogP contribution is 2.40. The minimum absolute atomic E-state index is 0.185. The van der Waals surface area contributed by atoms with Gasteiger partial charge in [0.25, 0.3) is 0 Å². The van der Waals surface area contributed by atoms with Gasteiger partial charge < -0.3 is 10.2 Å². The first-order valence-electron chi connectivity index (χ1n) is 11.2. The Labute approximate surface area is 217 Å². The number of anilines is 1. The summed E-state index contributed by atoms with van der Waals surface area (Å²) in [6.07, 6.45) is 3.87. The zero-order chi connectivity index (χ0) is 25.8. The summed E-state index contributed by atoms with van der Waals surface area (Å²) < 4.78 is 26.4. The van der Waals surface area contributed by atoms with Crippen molar-refractivity contribution in [3.8, 4) is 11.3 Å². The molecule has 36 heavy (non-hydrogen) atoms. The van der Waals surface area contributed by atoms with Crippen molar-refractivity contribution in [2.24, 2.45) is 5.14 Å². The Morgan fingerprint density at radius 2 is 2.06 bits per heavy atom. The molecule has 0 amide bonds. The highest BCUT2D eigenvalue weighted by atomic mass is 35.5. The molecule has 3 atom stereocenters. The van der Waals surface area contributed by atoms with E-state index in [1.807, 2.05) is 18.2 Å². The van der Waals surface area contributed by atoms with Crippen molar-refractivity contribution in [1.29, 1.82) is 0 Å². The Balaban J connectivity index is 1.55. The maximum Gasteiger partial charge on any atom is 0.389 e. The van der Waals surface area contributed by atoms with Crippen LogP contribution >= 0.6 is 22.9 Å². The quantitative estimate of drug-likeness (QED) is 0.259. The van der Waals surface area contributed by atoms with E-state index < -0.39 is 33.5 Å². The van der Waals surface area contributed by atoms with Crippen molar-refractivity contribution in [3.63, 3.8) is 0 Å². The molecular formula is C24H25ClN5O4S2+. The molecule has 4 aromatic rings. The molecule has 188 valence electrons. The van der Waals surface area contributed by atoms with Gasteiger partial charge in [0.1, 0.15) is 33.8 Å². The van der Waals surface area contributed by atoms with Crippen LogP contribution in [-0.2, 0) is 22.0 Å². The van der Waals surface area contributed by atoms with E-state index in [1.54, 1.807) is 41.2 Å². The molecule has 0 bridgehead atoms. The number of nitrogens with two attached hydrogens (primary N) is 2. The number of thiophene rings is 1. The number of hydrogen-bond donors (Lipinski definition) is 4. The van der Waals surface area contributed by atoms with Crippen molar-refractivity contribution >= 4 is 49.0 Å². The second-order valence-corrected chi connectivity index (χ2v) is 12.5. The summed E-state index contributed by atoms with van der Waals surface area (Å²) in [4.78, 5) is 9.61. The summed E-state index contributed by atoms with van der Waals surface area (Å²) >= 11 is 8.08. The summed E-state index contributed by atoms with van der Waals surface area (Å²) in [6, 6.07) is 11.0. The van der Waals surface area contributed by atoms with Crippen molar-refractivity contribution < 1.29 is 23.2 Å². The topological polar surface area (TPSA) is 156 Å². The molecule has 6 N–H and O–H groups in total. The van der Waals surface area contributed by atoms with Gasteiger partial charge in [0.15, 0.2) is 0 Å². The van der Waals surface area contributed by atoms with Crippen LogP contribution in [0.15, 0.2) is 48.8 Å². The summed E-state index contributed by atoms with van der Waals surface area (Å²) in [7, 11) is -3.70. The Morgan fingerprint density at radius 3 is 2.75 bits per heavy atom. The standard InChI is InChI=1S/C24H24ClN5O4S2/c1-24(32,12-31)14-5-6-28-18(8-14)16-4-2-3-13-7-15(35-22(13)16)9-19-17(25)11-29-23(26)30(19)20-10-21(20)36(27,33)34/h2-8,11,20-21,26,31-32H,9-10,12H2,1H3,(H2,27,33,34)/p+1. The average molecular weight is 547 g/mol. The summed E-state index contributed by atoms with van der Waals surface area (Å²) in [5, 5.41) is 26.1. The lowest BCUT2D eigenvalue weighted by Gasteiger charge is -2.21. The lowest BCUT2D eigenvalue weighted by Crippen LogP contribution is -2.44. The number of benzene rings is 1. The predicted octanol–water partition coefficient (Wildman–Crippen LogP) is 2.27. The van der Waals surface area contributed by atoms with Crippen LogP contribution < -0.4 is 15.4 Å². The lowest BCUT2D eigenvalue weighted by molar-refractivity contribution is -0.695. The number of fused-ring (bicyclic) bond motifs is 1. The maximum absolute atomic E-state index is 11.9. The van der Waals surface area contributed by atoms with E-state index in [0.717, 1.165) is 20.5 Å². The minimum Gasteiger partial charge on any atom is -0.393 e. The third-order valence-corrected chi connectivity index (χ3v) is 9.33. The summed E-state index contributed by atoms with van der Waals surface area (Å²) in [5.74, 6) is 0.185. The van der Waals surface area contributed by atoms with Gasteiger partial charge in [0, 0.05) is 34.2 Å². The molecule has 1 saturated carbocycles. The molecule has 3 aromatic heterocycles. The summed E-state index contributed by atoms with van der Waals surface area (Å²) in [5.41, 5.74) is 7.57. The third-order valence-electron chi connectivity index (χ3n) is 6.48. The predicted molar refractivity (Wildman–Crippen MR) is 139 cm³/mol. The fraction of sp³-hybridized carbons (Fsp3) is 0.292. The number of hydrogen-bond acceptors (Lipinski definition) is 8. The lowest BCUT2D eigenvalue weighted by atomic mass is 9.96. The van der Waals surface area contributed by atoms with Gasteiger partial charge in [-0.2, -0.15) is 0 Å². The smallest absolute Gasteiger partial charge is 0.389 e. The number of pyridine rings is 1. The molecule has 0 aliphatic heterocycles. The van der Waals surface area contributed by atoms with Gasteiger partial charge in [-0.1, -0.05) is 34.8 Å². The largest absolute Gasteiger partial charge is 0.393 e. The van der Waals surface area contributed by atoms with Crippen LogP contribution in [0.2, 0.25) is 5.02 Å². The van der Waals surface area contributed by atoms with Gasteiger partial charge in [-0.3, -0.25) is 10.7 Å². The van der Waals surface area contributed by atoms with Crippen LogP contribution in [0.1, 0.15) is 35.5 Å². The van der Waals surface area contributed by atoms with Crippen molar-refractivity contribution in [3.05, 3.63) is 69.9 Å². The molecule has 1 aromatic carbocycles. The van der Waals surface area contributed by atoms with Crippen LogP contribution in [0.5, 0.6) is 0 Å². The van der Waals surface area contributed by atoms with Crippen LogP contribution in [0.3, 0.4) is 0 Å². The Kier molecular flexibility index (Phi) is 6.26. The number of halogens is 1. The summed E-state index contributed by atoms with van der Waals surface area (Å²) in [6.45, 7) is 1.14. The molecule has 12 heteroatoms. The van der Waals surface area contributed by atoms with Crippen LogP contribution in [0.4, 0.5) is 5.95 Å². The van der Waals surface area contributed by atoms with E-state index in [0.29, 0.717) is 34.8 Å². The van der Waals surface area contributed by atoms with Gasteiger partial charge in [0.05, 0.1) is 12.3 Å². The molecule has 0 radical (unpaired) electrons. The zero-order valence-electron chi connectivity index (χ0n) is 19.3. The molecule has 1 aliphatic carbocycles. The number of nitrogen functional groups attached to an aromatic ring is 1. The van der Waals surface area contributed by atoms with Gasteiger partial charge in [-0.05, 0) is 36.1 Å². The van der Waals surface area contributed by atoms with Gasteiger partial charge in [0.2, 0.25) is 10.0 Å². The number of rotatable bonds is 7. The molecule has 0 spiro atoms. The van der Waals surface area contributed by atoms with E-state index in [4.69, 9.17) is 22.5 Å². The molecule has 3 heterocycles. The zero-order valence-corrected chi connectivity index (χ0v) is 21.7. The first-order valence-corrected chi connectivity index (χ1v) is 14.0. The monoisotopic (exact) mass is 546 g/mol. The van der Waals surface area contributed by atoms with Gasteiger partial charge >= 0.3 is 5.95 Å². The number of aromatic nitrogens is 3. The maximum atomic E-state index is 11.9. The molecule has 3 unspecified atom stereocenters. The highest BCUT2D eigenvalue weighted by Gasteiger charge is 2.51. The molecule has 9 nitrogen and oxygen atoms in total. The molecule has 5 rings (SSSR count).